The summed E-state index contributed by atoms with van der Waals surface area (Å²) in [7, 11) is 0. The van der Waals surface area contributed by atoms with Crippen molar-refractivity contribution in [3.63, 3.8) is 0 Å². The van der Waals surface area contributed by atoms with Gasteiger partial charge in [-0.3, -0.25) is 10.1 Å². The van der Waals surface area contributed by atoms with Crippen molar-refractivity contribution in [1.82, 2.24) is 0 Å². The third-order valence-electron chi connectivity index (χ3n) is 5.20. The normalized spacial score (nSPS) is 19.4. The van der Waals surface area contributed by atoms with Crippen molar-refractivity contribution in [2.24, 2.45) is 0 Å². The number of non-ortho nitro benzene ring substituents is 1. The molecule has 1 aliphatic heterocycles. The van der Waals surface area contributed by atoms with Crippen molar-refractivity contribution < 1.29 is 4.92 Å². The van der Waals surface area contributed by atoms with E-state index in [4.69, 9.17) is 11.6 Å². The number of halogens is 1. The Bertz CT molecular complexity index is 914. The zero-order valence-electron chi connectivity index (χ0n) is 14.5. The van der Waals surface area contributed by atoms with Crippen LogP contribution in [0.5, 0.6) is 0 Å². The first-order valence-corrected chi connectivity index (χ1v) is 9.12. The van der Waals surface area contributed by atoms with E-state index in [-0.39, 0.29) is 16.5 Å². The minimum Gasteiger partial charge on any atom is -0.321 e. The van der Waals surface area contributed by atoms with E-state index < -0.39 is 0 Å². The van der Waals surface area contributed by atoms with Crippen LogP contribution in [0.25, 0.3) is 0 Å². The zero-order chi connectivity index (χ0) is 18.3. The first-order valence-electron chi connectivity index (χ1n) is 8.74. The van der Waals surface area contributed by atoms with E-state index in [0.29, 0.717) is 0 Å². The maximum atomic E-state index is 10.9. The minimum absolute atomic E-state index is 0.134. The highest BCUT2D eigenvalue weighted by Gasteiger charge is 2.32. The first kappa shape index (κ1) is 16.9. The van der Waals surface area contributed by atoms with E-state index >= 15 is 0 Å². The van der Waals surface area contributed by atoms with Gasteiger partial charge in [0, 0.05) is 40.7 Å². The third kappa shape index (κ3) is 2.90. The van der Waals surface area contributed by atoms with Crippen molar-refractivity contribution in [3.8, 4) is 0 Å². The summed E-state index contributed by atoms with van der Waals surface area (Å²) in [6.45, 7) is 2.14. The average Bonchev–Trinajstić information content (AvgIpc) is 3.11. The van der Waals surface area contributed by atoms with Crippen molar-refractivity contribution >= 4 is 23.0 Å². The fourth-order valence-corrected chi connectivity index (χ4v) is 4.18. The van der Waals surface area contributed by atoms with E-state index in [1.165, 1.54) is 16.8 Å². The molecule has 2 aromatic rings. The van der Waals surface area contributed by atoms with Crippen LogP contribution in [0.1, 0.15) is 37.7 Å². The molecule has 1 aliphatic carbocycles. The van der Waals surface area contributed by atoms with Gasteiger partial charge >= 0.3 is 0 Å². The molecule has 0 amide bonds. The molecule has 0 saturated heterocycles. The zero-order valence-corrected chi connectivity index (χ0v) is 15.2. The maximum Gasteiger partial charge on any atom is 0.269 e. The molecule has 1 atom stereocenters. The molecule has 4 nitrogen and oxygen atoms in total. The molecule has 26 heavy (non-hydrogen) atoms. The second-order valence-corrected chi connectivity index (χ2v) is 7.26. The van der Waals surface area contributed by atoms with Crippen molar-refractivity contribution in [1.29, 1.82) is 0 Å². The van der Waals surface area contributed by atoms with Crippen LogP contribution in [0.4, 0.5) is 11.4 Å². The van der Waals surface area contributed by atoms with Crippen LogP contribution in [0.2, 0.25) is 5.02 Å². The fraction of sp³-hybridized carbons (Fsp3) is 0.238. The van der Waals surface area contributed by atoms with Gasteiger partial charge in [-0.2, -0.15) is 0 Å². The van der Waals surface area contributed by atoms with Gasteiger partial charge in [0.1, 0.15) is 0 Å². The van der Waals surface area contributed by atoms with Crippen molar-refractivity contribution in [2.75, 3.05) is 4.90 Å². The summed E-state index contributed by atoms with van der Waals surface area (Å²) in [5.41, 5.74) is 6.39. The number of anilines is 1. The minimum atomic E-state index is -0.351. The first-order chi connectivity index (χ1) is 12.5. The molecule has 0 bridgehead atoms. The van der Waals surface area contributed by atoms with E-state index in [1.54, 1.807) is 12.1 Å². The second-order valence-electron chi connectivity index (χ2n) is 6.83. The number of nitro benzene ring substituents is 1. The molecule has 0 unspecified atom stereocenters. The molecule has 2 aromatic carbocycles. The topological polar surface area (TPSA) is 46.4 Å². The molecule has 4 rings (SSSR count). The summed E-state index contributed by atoms with van der Waals surface area (Å²) in [5.74, 6) is 0.205. The third-order valence-corrected chi connectivity index (χ3v) is 5.45. The number of nitro groups is 1. The number of benzene rings is 2. The summed E-state index contributed by atoms with van der Waals surface area (Å²) >= 11 is 6.03. The Kier molecular flexibility index (Phi) is 4.29. The Morgan fingerprint density at radius 3 is 2.42 bits per heavy atom. The standard InChI is InChI=1S/C21H19ClN2O2/c1-14-13-23(17-11-7-16(22)8-12-17)20-4-2-3-19(20)21(14)15-5-9-18(10-6-15)24(25)26/h5-13,21H,2-4H2,1H3/t21-/m1/s1. The van der Waals surface area contributed by atoms with Crippen LogP contribution >= 0.6 is 11.6 Å². The highest BCUT2D eigenvalue weighted by atomic mass is 35.5. The molecule has 2 aliphatic rings. The molecule has 1 heterocycles. The van der Waals surface area contributed by atoms with Gasteiger partial charge in [-0.25, -0.2) is 0 Å². The highest BCUT2D eigenvalue weighted by Crippen LogP contribution is 2.47. The number of hydrogen-bond acceptors (Lipinski definition) is 3. The highest BCUT2D eigenvalue weighted by molar-refractivity contribution is 6.30. The van der Waals surface area contributed by atoms with Crippen LogP contribution in [0.3, 0.4) is 0 Å². The Labute approximate surface area is 157 Å². The van der Waals surface area contributed by atoms with E-state index in [2.05, 4.69) is 18.0 Å². The molecule has 0 N–H and O–H groups in total. The molecule has 132 valence electrons. The molecule has 0 spiro atoms. The van der Waals surface area contributed by atoms with Gasteiger partial charge in [-0.15, -0.1) is 0 Å². The molecule has 0 saturated carbocycles. The molecule has 5 heteroatoms. The summed E-state index contributed by atoms with van der Waals surface area (Å²) in [6.07, 6.45) is 5.44. The van der Waals surface area contributed by atoms with E-state index in [1.807, 2.05) is 36.4 Å². The Morgan fingerprint density at radius 2 is 1.77 bits per heavy atom. The quantitative estimate of drug-likeness (QED) is 0.480. The SMILES string of the molecule is CC1=CN(c2ccc(Cl)cc2)C2=C(CCC2)[C@H]1c1ccc([N+](=O)[O-])cc1. The lowest BCUT2D eigenvalue weighted by atomic mass is 9.82. The second kappa shape index (κ2) is 6.61. The average molecular weight is 367 g/mol. The van der Waals surface area contributed by atoms with Gasteiger partial charge in [-0.1, -0.05) is 23.7 Å². The fourth-order valence-electron chi connectivity index (χ4n) is 4.05. The van der Waals surface area contributed by atoms with Crippen molar-refractivity contribution in [2.45, 2.75) is 32.1 Å². The van der Waals surface area contributed by atoms with Crippen LogP contribution in [-0.4, -0.2) is 4.92 Å². The lowest BCUT2D eigenvalue weighted by Crippen LogP contribution is -2.23. The van der Waals surface area contributed by atoms with E-state index in [9.17, 15) is 10.1 Å². The molecular formula is C21H19ClN2O2. The maximum absolute atomic E-state index is 10.9. The Hall–Kier alpha value is -2.59. The van der Waals surface area contributed by atoms with Gasteiger partial charge in [-0.05, 0) is 67.2 Å². The summed E-state index contributed by atoms with van der Waals surface area (Å²) in [4.78, 5) is 12.9. The van der Waals surface area contributed by atoms with Crippen molar-refractivity contribution in [3.05, 3.63) is 92.3 Å². The van der Waals surface area contributed by atoms with Crippen LogP contribution < -0.4 is 4.90 Å². The van der Waals surface area contributed by atoms with Crippen LogP contribution in [-0.2, 0) is 0 Å². The van der Waals surface area contributed by atoms with Gasteiger partial charge in [0.25, 0.3) is 5.69 Å². The monoisotopic (exact) mass is 366 g/mol. The summed E-state index contributed by atoms with van der Waals surface area (Å²) < 4.78 is 0. The van der Waals surface area contributed by atoms with E-state index in [0.717, 1.165) is 35.5 Å². The van der Waals surface area contributed by atoms with Crippen LogP contribution in [0, 0.1) is 10.1 Å². The van der Waals surface area contributed by atoms with Crippen LogP contribution in [0.15, 0.2) is 71.6 Å². The number of nitrogens with zero attached hydrogens (tertiary/aromatic N) is 2. The summed E-state index contributed by atoms with van der Waals surface area (Å²) in [5, 5.41) is 11.7. The van der Waals surface area contributed by atoms with Gasteiger partial charge < -0.3 is 4.90 Å². The number of hydrogen-bond donors (Lipinski definition) is 0. The molecule has 0 aromatic heterocycles. The predicted molar refractivity (Wildman–Crippen MR) is 104 cm³/mol. The number of allylic oxidation sites excluding steroid dienone is 3. The molecule has 0 radical (unpaired) electrons. The lowest BCUT2D eigenvalue weighted by Gasteiger charge is -2.34. The Morgan fingerprint density at radius 1 is 1.08 bits per heavy atom. The molecular weight excluding hydrogens is 348 g/mol. The molecule has 0 fully saturated rings. The number of rotatable bonds is 3. The Balaban J connectivity index is 1.73. The van der Waals surface area contributed by atoms with Gasteiger partial charge in [0.15, 0.2) is 0 Å². The van der Waals surface area contributed by atoms with Gasteiger partial charge in [0.05, 0.1) is 4.92 Å². The smallest absolute Gasteiger partial charge is 0.269 e. The van der Waals surface area contributed by atoms with Gasteiger partial charge in [0.2, 0.25) is 0 Å². The summed E-state index contributed by atoms with van der Waals surface area (Å²) in [6, 6.07) is 14.9. The lowest BCUT2D eigenvalue weighted by molar-refractivity contribution is -0.384. The largest absolute Gasteiger partial charge is 0.321 e. The predicted octanol–water partition coefficient (Wildman–Crippen LogP) is 6.19.